The van der Waals surface area contributed by atoms with E-state index in [1.54, 1.807) is 19.1 Å². The normalized spacial score (nSPS) is 22.6. The number of ketones is 1. The number of ether oxygens (including phenoxy) is 3. The zero-order chi connectivity index (χ0) is 24.1. The standard InChI is InChI=1S/C25H30FNO6/c1-5-10-32-11-12-33-25(30)20-15(3)27-18-13-14(2)19(24(29)31-4)23(28)22(18)21(20)16-6-8-17(26)9-7-16/h6-9,14,19,21,27H,5,10-13H2,1-4H3/t14-,19+,21-/m1/s1. The van der Waals surface area contributed by atoms with Gasteiger partial charge in [0.05, 0.1) is 19.3 Å². The predicted octanol–water partition coefficient (Wildman–Crippen LogP) is 3.41. The van der Waals surface area contributed by atoms with E-state index in [2.05, 4.69) is 5.32 Å². The van der Waals surface area contributed by atoms with Crippen LogP contribution in [0.2, 0.25) is 0 Å². The Balaban J connectivity index is 2.01. The number of esters is 2. The summed E-state index contributed by atoms with van der Waals surface area (Å²) in [6.45, 7) is 6.43. The lowest BCUT2D eigenvalue weighted by molar-refractivity contribution is -0.151. The van der Waals surface area contributed by atoms with Crippen molar-refractivity contribution in [2.75, 3.05) is 26.9 Å². The van der Waals surface area contributed by atoms with Gasteiger partial charge >= 0.3 is 11.9 Å². The molecule has 0 saturated carbocycles. The average molecular weight is 460 g/mol. The number of hydrogen-bond acceptors (Lipinski definition) is 7. The molecule has 1 aliphatic heterocycles. The number of benzene rings is 1. The van der Waals surface area contributed by atoms with Crippen LogP contribution in [0, 0.1) is 17.7 Å². The Labute approximate surface area is 193 Å². The molecule has 0 radical (unpaired) electrons. The smallest absolute Gasteiger partial charge is 0.336 e. The lowest BCUT2D eigenvalue weighted by Gasteiger charge is -2.38. The molecule has 1 aromatic rings. The quantitative estimate of drug-likeness (QED) is 0.362. The molecule has 1 aromatic carbocycles. The summed E-state index contributed by atoms with van der Waals surface area (Å²) in [5.41, 5.74) is 2.34. The van der Waals surface area contributed by atoms with Crippen LogP contribution >= 0.6 is 0 Å². The molecule has 0 aromatic heterocycles. The van der Waals surface area contributed by atoms with Gasteiger partial charge in [0.1, 0.15) is 18.3 Å². The minimum atomic E-state index is -0.975. The fourth-order valence-electron chi connectivity index (χ4n) is 4.46. The van der Waals surface area contributed by atoms with Crippen LogP contribution in [0.1, 0.15) is 45.1 Å². The molecule has 0 spiro atoms. The molecule has 8 heteroatoms. The molecule has 0 bridgehead atoms. The van der Waals surface area contributed by atoms with E-state index in [4.69, 9.17) is 14.2 Å². The Bertz CT molecular complexity index is 981. The monoisotopic (exact) mass is 459 g/mol. The highest BCUT2D eigenvalue weighted by Gasteiger charge is 2.47. The second-order valence-electron chi connectivity index (χ2n) is 8.34. The molecule has 2 aliphatic rings. The van der Waals surface area contributed by atoms with Gasteiger partial charge in [-0.1, -0.05) is 26.0 Å². The third kappa shape index (κ3) is 5.16. The molecule has 0 unspecified atom stereocenters. The van der Waals surface area contributed by atoms with Gasteiger partial charge in [0.2, 0.25) is 0 Å². The Morgan fingerprint density at radius 2 is 1.85 bits per heavy atom. The molecule has 3 rings (SSSR count). The van der Waals surface area contributed by atoms with Gasteiger partial charge in [-0.3, -0.25) is 9.59 Å². The SMILES string of the molecule is CCCOCCOC(=O)C1=C(C)NC2=C(C(=O)[C@@H](C(=O)OC)[C@H](C)C2)[C@@H]1c1ccc(F)cc1. The Kier molecular flexibility index (Phi) is 8.02. The summed E-state index contributed by atoms with van der Waals surface area (Å²) >= 11 is 0. The number of Topliss-reactive ketones (excluding diaryl/α,β-unsaturated/α-hetero) is 1. The van der Waals surface area contributed by atoms with E-state index in [1.807, 2.05) is 13.8 Å². The highest BCUT2D eigenvalue weighted by Crippen LogP contribution is 2.45. The number of rotatable bonds is 8. The number of carbonyl (C=O) groups excluding carboxylic acids is 3. The van der Waals surface area contributed by atoms with Crippen LogP contribution < -0.4 is 5.32 Å². The first-order valence-corrected chi connectivity index (χ1v) is 11.1. The largest absolute Gasteiger partial charge is 0.468 e. The molecular formula is C25H30FNO6. The van der Waals surface area contributed by atoms with Crippen molar-refractivity contribution in [3.63, 3.8) is 0 Å². The summed E-state index contributed by atoms with van der Waals surface area (Å²) in [5, 5.41) is 3.19. The first-order chi connectivity index (χ1) is 15.8. The van der Waals surface area contributed by atoms with Gasteiger partial charge < -0.3 is 19.5 Å². The summed E-state index contributed by atoms with van der Waals surface area (Å²) in [6, 6.07) is 5.64. The second kappa shape index (κ2) is 10.7. The van der Waals surface area contributed by atoms with Crippen LogP contribution in [0.4, 0.5) is 4.39 Å². The molecule has 0 fully saturated rings. The number of allylic oxidation sites excluding steroid dienone is 3. The van der Waals surface area contributed by atoms with Crippen LogP contribution in [0.5, 0.6) is 0 Å². The molecule has 33 heavy (non-hydrogen) atoms. The molecule has 1 heterocycles. The maximum absolute atomic E-state index is 13.7. The fraction of sp³-hybridized carbons (Fsp3) is 0.480. The van der Waals surface area contributed by atoms with E-state index in [1.165, 1.54) is 19.2 Å². The third-order valence-corrected chi connectivity index (χ3v) is 5.98. The minimum absolute atomic E-state index is 0.0629. The van der Waals surface area contributed by atoms with E-state index >= 15 is 0 Å². The predicted molar refractivity (Wildman–Crippen MR) is 118 cm³/mol. The first kappa shape index (κ1) is 24.6. The molecule has 1 aliphatic carbocycles. The van der Waals surface area contributed by atoms with Gasteiger partial charge in [-0.15, -0.1) is 0 Å². The average Bonchev–Trinajstić information content (AvgIpc) is 2.78. The number of nitrogens with one attached hydrogen (secondary N) is 1. The lowest BCUT2D eigenvalue weighted by atomic mass is 9.69. The van der Waals surface area contributed by atoms with Crippen molar-refractivity contribution in [3.8, 4) is 0 Å². The van der Waals surface area contributed by atoms with Gasteiger partial charge in [0, 0.05) is 29.5 Å². The van der Waals surface area contributed by atoms with Crippen molar-refractivity contribution in [1.82, 2.24) is 5.32 Å². The summed E-state index contributed by atoms with van der Waals surface area (Å²) in [6.07, 6.45) is 1.29. The number of hydrogen-bond donors (Lipinski definition) is 1. The highest BCUT2D eigenvalue weighted by molar-refractivity contribution is 6.12. The number of dihydropyridines is 1. The lowest BCUT2D eigenvalue weighted by Crippen LogP contribution is -2.43. The molecule has 178 valence electrons. The fourth-order valence-corrected chi connectivity index (χ4v) is 4.46. The van der Waals surface area contributed by atoms with Crippen LogP contribution in [0.3, 0.4) is 0 Å². The van der Waals surface area contributed by atoms with Crippen molar-refractivity contribution in [3.05, 3.63) is 58.2 Å². The molecule has 0 saturated heterocycles. The van der Waals surface area contributed by atoms with Gasteiger partial charge in [-0.05, 0) is 43.4 Å². The van der Waals surface area contributed by atoms with Gasteiger partial charge in [-0.2, -0.15) is 0 Å². The Morgan fingerprint density at radius 1 is 1.15 bits per heavy atom. The van der Waals surface area contributed by atoms with Crippen LogP contribution in [0.25, 0.3) is 0 Å². The maximum atomic E-state index is 13.7. The van der Waals surface area contributed by atoms with E-state index in [9.17, 15) is 18.8 Å². The summed E-state index contributed by atoms with van der Waals surface area (Å²) in [7, 11) is 1.25. The van der Waals surface area contributed by atoms with Crippen molar-refractivity contribution >= 4 is 17.7 Å². The van der Waals surface area contributed by atoms with Crippen molar-refractivity contribution in [2.45, 2.75) is 39.5 Å². The number of methoxy groups -OCH3 is 1. The summed E-state index contributed by atoms with van der Waals surface area (Å²) in [5.74, 6) is -4.09. The molecule has 3 atom stereocenters. The zero-order valence-electron chi connectivity index (χ0n) is 19.4. The third-order valence-electron chi connectivity index (χ3n) is 5.98. The number of halogens is 1. The highest BCUT2D eigenvalue weighted by atomic mass is 19.1. The zero-order valence-corrected chi connectivity index (χ0v) is 19.4. The van der Waals surface area contributed by atoms with Gasteiger partial charge in [0.15, 0.2) is 5.78 Å². The van der Waals surface area contributed by atoms with E-state index in [0.29, 0.717) is 35.6 Å². The van der Waals surface area contributed by atoms with Crippen molar-refractivity contribution in [2.24, 2.45) is 11.8 Å². The molecule has 1 N–H and O–H groups in total. The van der Waals surface area contributed by atoms with Crippen LogP contribution in [-0.2, 0) is 28.6 Å². The molecule has 0 amide bonds. The van der Waals surface area contributed by atoms with Crippen molar-refractivity contribution < 1.29 is 33.0 Å². The summed E-state index contributed by atoms with van der Waals surface area (Å²) in [4.78, 5) is 39.1. The molecule has 7 nitrogen and oxygen atoms in total. The van der Waals surface area contributed by atoms with Gasteiger partial charge in [0.25, 0.3) is 0 Å². The van der Waals surface area contributed by atoms with Crippen LogP contribution in [-0.4, -0.2) is 44.7 Å². The van der Waals surface area contributed by atoms with E-state index < -0.39 is 35.4 Å². The Morgan fingerprint density at radius 3 is 2.48 bits per heavy atom. The maximum Gasteiger partial charge on any atom is 0.336 e. The second-order valence-corrected chi connectivity index (χ2v) is 8.34. The minimum Gasteiger partial charge on any atom is -0.468 e. The van der Waals surface area contributed by atoms with E-state index in [0.717, 1.165) is 6.42 Å². The van der Waals surface area contributed by atoms with Gasteiger partial charge in [-0.25, -0.2) is 9.18 Å². The first-order valence-electron chi connectivity index (χ1n) is 11.1. The Hall–Kier alpha value is -3.00. The number of carbonyl (C=O) groups is 3. The summed E-state index contributed by atoms with van der Waals surface area (Å²) < 4.78 is 29.4. The van der Waals surface area contributed by atoms with E-state index in [-0.39, 0.29) is 24.7 Å². The molecular weight excluding hydrogens is 429 g/mol. The van der Waals surface area contributed by atoms with Crippen LogP contribution in [0.15, 0.2) is 46.8 Å². The van der Waals surface area contributed by atoms with Crippen molar-refractivity contribution in [1.29, 1.82) is 0 Å². The topological polar surface area (TPSA) is 90.9 Å².